The number of carbonyl (C=O) groups is 1. The lowest BCUT2D eigenvalue weighted by Crippen LogP contribution is -2.39. The second-order valence-electron chi connectivity index (χ2n) is 5.10. The average molecular weight is 297 g/mol. The van der Waals surface area contributed by atoms with Crippen molar-refractivity contribution in [2.24, 2.45) is 0 Å². The summed E-state index contributed by atoms with van der Waals surface area (Å²) >= 11 is 5.95. The van der Waals surface area contributed by atoms with Crippen LogP contribution in [0.15, 0.2) is 18.2 Å². The molecule has 4 nitrogen and oxygen atoms in total. The van der Waals surface area contributed by atoms with Crippen molar-refractivity contribution < 1.29 is 9.53 Å². The summed E-state index contributed by atoms with van der Waals surface area (Å²) in [5.74, 6) is 0.693. The molecule has 20 heavy (non-hydrogen) atoms. The fraction of sp³-hybridized carbons (Fsp3) is 0.533. The van der Waals surface area contributed by atoms with E-state index in [4.69, 9.17) is 16.3 Å². The van der Waals surface area contributed by atoms with E-state index in [2.05, 4.69) is 10.6 Å². The van der Waals surface area contributed by atoms with Crippen LogP contribution >= 0.6 is 11.6 Å². The first kappa shape index (κ1) is 15.0. The monoisotopic (exact) mass is 296 g/mol. The molecule has 0 unspecified atom stereocenters. The van der Waals surface area contributed by atoms with Crippen LogP contribution in [0.4, 0.5) is 5.69 Å². The topological polar surface area (TPSA) is 50.4 Å². The van der Waals surface area contributed by atoms with Gasteiger partial charge in [0, 0.05) is 11.1 Å². The molecule has 0 bridgehead atoms. The van der Waals surface area contributed by atoms with Crippen LogP contribution in [-0.2, 0) is 4.79 Å². The highest BCUT2D eigenvalue weighted by Crippen LogP contribution is 2.27. The van der Waals surface area contributed by atoms with Gasteiger partial charge in [-0.2, -0.15) is 0 Å². The molecular weight excluding hydrogens is 276 g/mol. The summed E-state index contributed by atoms with van der Waals surface area (Å²) < 4.78 is 5.23. The Labute approximate surface area is 124 Å². The Balaban J connectivity index is 1.84. The van der Waals surface area contributed by atoms with Crippen molar-refractivity contribution in [2.45, 2.75) is 38.1 Å². The zero-order valence-corrected chi connectivity index (χ0v) is 12.5. The van der Waals surface area contributed by atoms with Gasteiger partial charge in [0.1, 0.15) is 5.75 Å². The fourth-order valence-electron chi connectivity index (χ4n) is 2.52. The minimum atomic E-state index is 0.0129. The molecular formula is C15H21ClN2O2. The smallest absolute Gasteiger partial charge is 0.239 e. The zero-order valence-electron chi connectivity index (χ0n) is 11.7. The number of benzene rings is 1. The number of carbonyl (C=O) groups excluding carboxylic acids is 1. The van der Waals surface area contributed by atoms with Crippen LogP contribution < -0.4 is 15.4 Å². The van der Waals surface area contributed by atoms with Crippen LogP contribution in [0.1, 0.15) is 32.1 Å². The van der Waals surface area contributed by atoms with E-state index >= 15 is 0 Å². The first-order chi connectivity index (χ1) is 9.69. The molecule has 0 saturated heterocycles. The van der Waals surface area contributed by atoms with Gasteiger partial charge >= 0.3 is 0 Å². The molecule has 0 heterocycles. The van der Waals surface area contributed by atoms with Crippen molar-refractivity contribution in [2.75, 3.05) is 19.0 Å². The molecule has 0 aromatic heterocycles. The molecule has 0 radical (unpaired) electrons. The third kappa shape index (κ3) is 4.30. The van der Waals surface area contributed by atoms with E-state index in [1.165, 1.54) is 19.3 Å². The highest BCUT2D eigenvalue weighted by atomic mass is 35.5. The summed E-state index contributed by atoms with van der Waals surface area (Å²) in [7, 11) is 1.59. The number of ether oxygens (including phenoxy) is 1. The first-order valence-electron chi connectivity index (χ1n) is 7.06. The Morgan fingerprint density at radius 2 is 2.10 bits per heavy atom. The van der Waals surface area contributed by atoms with Gasteiger partial charge in [0.2, 0.25) is 5.91 Å². The zero-order chi connectivity index (χ0) is 14.4. The Kier molecular flexibility index (Phi) is 5.53. The molecule has 1 aromatic carbocycles. The maximum absolute atomic E-state index is 11.9. The third-order valence-electron chi connectivity index (χ3n) is 3.57. The Morgan fingerprint density at radius 3 is 2.80 bits per heavy atom. The highest BCUT2D eigenvalue weighted by molar-refractivity contribution is 6.30. The number of hydrogen-bond donors (Lipinski definition) is 2. The minimum absolute atomic E-state index is 0.0129. The van der Waals surface area contributed by atoms with Gasteiger partial charge in [-0.25, -0.2) is 0 Å². The summed E-state index contributed by atoms with van der Waals surface area (Å²) in [4.78, 5) is 11.9. The van der Waals surface area contributed by atoms with E-state index in [9.17, 15) is 4.79 Å². The van der Waals surface area contributed by atoms with Crippen molar-refractivity contribution in [3.63, 3.8) is 0 Å². The highest BCUT2D eigenvalue weighted by Gasteiger charge is 2.15. The fourth-order valence-corrected chi connectivity index (χ4v) is 2.69. The van der Waals surface area contributed by atoms with E-state index in [-0.39, 0.29) is 12.5 Å². The molecule has 0 atom stereocenters. The second kappa shape index (κ2) is 7.39. The molecule has 1 aromatic rings. The maximum atomic E-state index is 11.9. The van der Waals surface area contributed by atoms with Crippen LogP contribution in [0, 0.1) is 0 Å². The van der Waals surface area contributed by atoms with Crippen molar-refractivity contribution in [1.82, 2.24) is 5.32 Å². The average Bonchev–Trinajstić information content (AvgIpc) is 2.46. The van der Waals surface area contributed by atoms with Crippen LogP contribution in [-0.4, -0.2) is 25.6 Å². The van der Waals surface area contributed by atoms with Gasteiger partial charge in [-0.15, -0.1) is 0 Å². The standard InChI is InChI=1S/C15H21ClN2O2/c1-20-14-8-7-11(16)9-13(14)17-10-15(19)18-12-5-3-2-4-6-12/h7-9,12,17H,2-6,10H2,1H3,(H,18,19). The minimum Gasteiger partial charge on any atom is -0.495 e. The van der Waals surface area contributed by atoms with E-state index in [0.717, 1.165) is 18.5 Å². The van der Waals surface area contributed by atoms with Crippen molar-refractivity contribution in [1.29, 1.82) is 0 Å². The molecule has 1 saturated carbocycles. The van der Waals surface area contributed by atoms with Crippen molar-refractivity contribution in [3.05, 3.63) is 23.2 Å². The lowest BCUT2D eigenvalue weighted by atomic mass is 9.95. The summed E-state index contributed by atoms with van der Waals surface area (Å²) in [6.07, 6.45) is 5.88. The van der Waals surface area contributed by atoms with Gasteiger partial charge in [-0.1, -0.05) is 30.9 Å². The van der Waals surface area contributed by atoms with Crippen LogP contribution in [0.5, 0.6) is 5.75 Å². The van der Waals surface area contributed by atoms with Crippen LogP contribution in [0.25, 0.3) is 0 Å². The summed E-state index contributed by atoms with van der Waals surface area (Å²) in [5.41, 5.74) is 0.735. The predicted molar refractivity (Wildman–Crippen MR) is 81.5 cm³/mol. The normalized spacial score (nSPS) is 15.7. The number of methoxy groups -OCH3 is 1. The summed E-state index contributed by atoms with van der Waals surface area (Å²) in [5, 5.41) is 6.75. The number of hydrogen-bond acceptors (Lipinski definition) is 3. The van der Waals surface area contributed by atoms with Crippen LogP contribution in [0.3, 0.4) is 0 Å². The van der Waals surface area contributed by atoms with Crippen molar-refractivity contribution in [3.8, 4) is 5.75 Å². The molecule has 5 heteroatoms. The van der Waals surface area contributed by atoms with Gasteiger partial charge in [-0.05, 0) is 31.0 Å². The number of halogens is 1. The lowest BCUT2D eigenvalue weighted by Gasteiger charge is -2.23. The Bertz CT molecular complexity index is 459. The summed E-state index contributed by atoms with van der Waals surface area (Å²) in [6.45, 7) is 0.229. The SMILES string of the molecule is COc1ccc(Cl)cc1NCC(=O)NC1CCCCC1. The Hall–Kier alpha value is -1.42. The van der Waals surface area contributed by atoms with Crippen molar-refractivity contribution >= 4 is 23.2 Å². The van der Waals surface area contributed by atoms with Gasteiger partial charge in [0.15, 0.2) is 0 Å². The molecule has 110 valence electrons. The molecule has 2 rings (SSSR count). The number of anilines is 1. The second-order valence-corrected chi connectivity index (χ2v) is 5.54. The molecule has 2 N–H and O–H groups in total. The third-order valence-corrected chi connectivity index (χ3v) is 3.81. The number of amides is 1. The largest absolute Gasteiger partial charge is 0.495 e. The quantitative estimate of drug-likeness (QED) is 0.877. The number of nitrogens with one attached hydrogen (secondary N) is 2. The van der Waals surface area contributed by atoms with Crippen LogP contribution in [0.2, 0.25) is 5.02 Å². The molecule has 0 spiro atoms. The van der Waals surface area contributed by atoms with E-state index < -0.39 is 0 Å². The van der Waals surface area contributed by atoms with Gasteiger partial charge in [0.25, 0.3) is 0 Å². The lowest BCUT2D eigenvalue weighted by molar-refractivity contribution is -0.120. The van der Waals surface area contributed by atoms with Gasteiger partial charge in [0.05, 0.1) is 19.3 Å². The van der Waals surface area contributed by atoms with E-state index in [0.29, 0.717) is 16.8 Å². The summed E-state index contributed by atoms with van der Waals surface area (Å²) in [6, 6.07) is 5.63. The molecule has 1 amide bonds. The molecule has 1 aliphatic carbocycles. The molecule has 1 aliphatic rings. The molecule has 1 fully saturated rings. The number of rotatable bonds is 5. The molecule has 0 aliphatic heterocycles. The van der Waals surface area contributed by atoms with E-state index in [1.807, 2.05) is 0 Å². The van der Waals surface area contributed by atoms with Gasteiger partial charge in [-0.3, -0.25) is 4.79 Å². The van der Waals surface area contributed by atoms with E-state index in [1.54, 1.807) is 25.3 Å². The Morgan fingerprint density at radius 1 is 1.35 bits per heavy atom. The maximum Gasteiger partial charge on any atom is 0.239 e. The predicted octanol–water partition coefficient (Wildman–Crippen LogP) is 3.21. The van der Waals surface area contributed by atoms with Gasteiger partial charge < -0.3 is 15.4 Å². The first-order valence-corrected chi connectivity index (χ1v) is 7.43.